The number of aromatic nitrogens is 1. The minimum Gasteiger partial charge on any atom is -0.481 e. The Bertz CT molecular complexity index is 421. The van der Waals surface area contributed by atoms with Gasteiger partial charge in [0.15, 0.2) is 0 Å². The number of carbonyl (C=O) groups excluding carboxylic acids is 1. The summed E-state index contributed by atoms with van der Waals surface area (Å²) >= 11 is 1.48. The van der Waals surface area contributed by atoms with Crippen molar-refractivity contribution in [3.8, 4) is 0 Å². The van der Waals surface area contributed by atoms with Crippen molar-refractivity contribution in [2.24, 2.45) is 5.92 Å². The number of nitrogens with one attached hydrogen (secondary N) is 2. The Morgan fingerprint density at radius 2 is 2.33 bits per heavy atom. The molecule has 1 aliphatic rings. The van der Waals surface area contributed by atoms with Gasteiger partial charge in [-0.1, -0.05) is 0 Å². The van der Waals surface area contributed by atoms with Crippen LogP contribution in [0.5, 0.6) is 0 Å². The smallest absolute Gasteiger partial charge is 0.315 e. The molecular weight excluding hydrogens is 254 g/mol. The second-order valence-electron chi connectivity index (χ2n) is 4.34. The summed E-state index contributed by atoms with van der Waals surface area (Å²) in [5.41, 5.74) is 1.71. The zero-order valence-corrected chi connectivity index (χ0v) is 10.6. The van der Waals surface area contributed by atoms with Gasteiger partial charge in [0, 0.05) is 17.1 Å². The summed E-state index contributed by atoms with van der Waals surface area (Å²) in [5.74, 6) is -1.10. The monoisotopic (exact) mass is 269 g/mol. The van der Waals surface area contributed by atoms with E-state index >= 15 is 0 Å². The maximum atomic E-state index is 11.6. The highest BCUT2D eigenvalue weighted by Gasteiger charge is 2.30. The SMILES string of the molecule is O=C(NCc1cncs1)N[C@H]1CC[C@@H](C(=O)O)C1. The fraction of sp³-hybridized carbons (Fsp3) is 0.545. The lowest BCUT2D eigenvalue weighted by molar-refractivity contribution is -0.141. The standard InChI is InChI=1S/C11H15N3O3S/c15-10(16)7-1-2-8(3-7)14-11(17)13-5-9-4-12-6-18-9/h4,6-8H,1-3,5H2,(H,15,16)(H2,13,14,17)/t7-,8+/m1/s1. The fourth-order valence-corrected chi connectivity index (χ4v) is 2.60. The van der Waals surface area contributed by atoms with E-state index in [0.29, 0.717) is 19.4 Å². The Labute approximate surface area is 108 Å². The first-order chi connectivity index (χ1) is 8.65. The second-order valence-corrected chi connectivity index (χ2v) is 5.31. The first kappa shape index (κ1) is 12.8. The molecule has 6 nitrogen and oxygen atoms in total. The third-order valence-electron chi connectivity index (χ3n) is 3.02. The molecule has 0 spiro atoms. The number of rotatable bonds is 4. The predicted octanol–water partition coefficient (Wildman–Crippen LogP) is 1.20. The van der Waals surface area contributed by atoms with E-state index in [4.69, 9.17) is 5.11 Å². The fourth-order valence-electron chi connectivity index (χ4n) is 2.07. The molecule has 0 aliphatic heterocycles. The van der Waals surface area contributed by atoms with E-state index < -0.39 is 5.97 Å². The minimum absolute atomic E-state index is 0.0347. The van der Waals surface area contributed by atoms with Gasteiger partial charge in [0.2, 0.25) is 0 Å². The van der Waals surface area contributed by atoms with Crippen molar-refractivity contribution < 1.29 is 14.7 Å². The normalized spacial score (nSPS) is 22.7. The Morgan fingerprint density at radius 3 is 2.94 bits per heavy atom. The van der Waals surface area contributed by atoms with Crippen molar-refractivity contribution in [1.29, 1.82) is 0 Å². The van der Waals surface area contributed by atoms with Crippen molar-refractivity contribution in [3.05, 3.63) is 16.6 Å². The van der Waals surface area contributed by atoms with Crippen LogP contribution in [0.2, 0.25) is 0 Å². The van der Waals surface area contributed by atoms with Crippen LogP contribution in [-0.2, 0) is 11.3 Å². The van der Waals surface area contributed by atoms with Gasteiger partial charge in [-0.3, -0.25) is 9.78 Å². The predicted molar refractivity (Wildman–Crippen MR) is 66.3 cm³/mol. The van der Waals surface area contributed by atoms with Gasteiger partial charge in [0.1, 0.15) is 0 Å². The van der Waals surface area contributed by atoms with Crippen LogP contribution in [-0.4, -0.2) is 28.1 Å². The maximum Gasteiger partial charge on any atom is 0.315 e. The summed E-state index contributed by atoms with van der Waals surface area (Å²) in [4.78, 5) is 27.3. The quantitative estimate of drug-likeness (QED) is 0.765. The number of thiazole rings is 1. The van der Waals surface area contributed by atoms with Crippen LogP contribution in [0, 0.1) is 5.92 Å². The molecule has 0 saturated heterocycles. The topological polar surface area (TPSA) is 91.3 Å². The number of hydrogen-bond donors (Lipinski definition) is 3. The van der Waals surface area contributed by atoms with Gasteiger partial charge in [-0.2, -0.15) is 0 Å². The average molecular weight is 269 g/mol. The molecule has 1 fully saturated rings. The molecule has 1 aromatic heterocycles. The highest BCUT2D eigenvalue weighted by molar-refractivity contribution is 7.09. The van der Waals surface area contributed by atoms with Gasteiger partial charge in [-0.25, -0.2) is 4.79 Å². The molecule has 0 unspecified atom stereocenters. The molecule has 7 heteroatoms. The molecule has 0 aromatic carbocycles. The Hall–Kier alpha value is -1.63. The number of nitrogens with zero attached hydrogens (tertiary/aromatic N) is 1. The Morgan fingerprint density at radius 1 is 1.50 bits per heavy atom. The van der Waals surface area contributed by atoms with Crippen LogP contribution in [0.4, 0.5) is 4.79 Å². The van der Waals surface area contributed by atoms with Gasteiger partial charge in [-0.05, 0) is 19.3 Å². The van der Waals surface area contributed by atoms with E-state index in [1.54, 1.807) is 11.7 Å². The first-order valence-electron chi connectivity index (χ1n) is 5.79. The van der Waals surface area contributed by atoms with E-state index in [1.807, 2.05) is 0 Å². The molecule has 2 atom stereocenters. The van der Waals surface area contributed by atoms with Gasteiger partial charge in [0.05, 0.1) is 18.0 Å². The number of urea groups is 1. The molecule has 0 bridgehead atoms. The second kappa shape index (κ2) is 5.81. The minimum atomic E-state index is -0.774. The number of carboxylic acids is 1. The van der Waals surface area contributed by atoms with Crippen molar-refractivity contribution >= 4 is 23.3 Å². The molecular formula is C11H15N3O3S. The number of carbonyl (C=O) groups is 2. The van der Waals surface area contributed by atoms with E-state index in [2.05, 4.69) is 15.6 Å². The van der Waals surface area contributed by atoms with Gasteiger partial charge in [0.25, 0.3) is 0 Å². The van der Waals surface area contributed by atoms with E-state index in [9.17, 15) is 9.59 Å². The summed E-state index contributed by atoms with van der Waals surface area (Å²) in [5, 5.41) is 14.4. The summed E-state index contributed by atoms with van der Waals surface area (Å²) < 4.78 is 0. The third-order valence-corrected chi connectivity index (χ3v) is 3.80. The molecule has 2 rings (SSSR count). The number of carboxylic acid groups (broad SMARTS) is 1. The number of hydrogen-bond acceptors (Lipinski definition) is 4. The van der Waals surface area contributed by atoms with Gasteiger partial charge < -0.3 is 15.7 Å². The lowest BCUT2D eigenvalue weighted by Crippen LogP contribution is -2.40. The summed E-state index contributed by atoms with van der Waals surface area (Å²) in [6.45, 7) is 0.450. The molecule has 18 heavy (non-hydrogen) atoms. The lowest BCUT2D eigenvalue weighted by Gasteiger charge is -2.12. The zero-order chi connectivity index (χ0) is 13.0. The molecule has 1 saturated carbocycles. The molecule has 1 heterocycles. The van der Waals surface area contributed by atoms with Crippen molar-refractivity contribution in [1.82, 2.24) is 15.6 Å². The van der Waals surface area contributed by atoms with Crippen LogP contribution in [0.1, 0.15) is 24.1 Å². The number of aliphatic carboxylic acids is 1. The Kier molecular flexibility index (Phi) is 4.14. The molecule has 2 amide bonds. The lowest BCUT2D eigenvalue weighted by atomic mass is 10.1. The van der Waals surface area contributed by atoms with Crippen LogP contribution in [0.3, 0.4) is 0 Å². The van der Waals surface area contributed by atoms with Crippen molar-refractivity contribution in [2.75, 3.05) is 0 Å². The zero-order valence-electron chi connectivity index (χ0n) is 9.76. The summed E-state index contributed by atoms with van der Waals surface area (Å²) in [6.07, 6.45) is 3.59. The molecule has 98 valence electrons. The molecule has 1 aliphatic carbocycles. The molecule has 3 N–H and O–H groups in total. The first-order valence-corrected chi connectivity index (χ1v) is 6.67. The number of amides is 2. The highest BCUT2D eigenvalue weighted by Crippen LogP contribution is 2.25. The van der Waals surface area contributed by atoms with Crippen LogP contribution >= 0.6 is 11.3 Å². The van der Waals surface area contributed by atoms with Crippen molar-refractivity contribution in [2.45, 2.75) is 31.8 Å². The largest absolute Gasteiger partial charge is 0.481 e. The van der Waals surface area contributed by atoms with Crippen molar-refractivity contribution in [3.63, 3.8) is 0 Å². The third kappa shape index (κ3) is 3.43. The molecule has 1 aromatic rings. The van der Waals surface area contributed by atoms with Crippen LogP contribution < -0.4 is 10.6 Å². The van der Waals surface area contributed by atoms with E-state index in [-0.39, 0.29) is 18.0 Å². The van der Waals surface area contributed by atoms with Crippen LogP contribution in [0.15, 0.2) is 11.7 Å². The summed E-state index contributed by atoms with van der Waals surface area (Å²) in [6, 6.07) is -0.285. The maximum absolute atomic E-state index is 11.6. The van der Waals surface area contributed by atoms with Crippen LogP contribution in [0.25, 0.3) is 0 Å². The summed E-state index contributed by atoms with van der Waals surface area (Å²) in [7, 11) is 0. The Balaban J connectivity index is 1.70. The van der Waals surface area contributed by atoms with Gasteiger partial charge in [-0.15, -0.1) is 11.3 Å². The highest BCUT2D eigenvalue weighted by atomic mass is 32.1. The molecule has 0 radical (unpaired) electrons. The average Bonchev–Trinajstić information content (AvgIpc) is 2.96. The van der Waals surface area contributed by atoms with E-state index in [1.165, 1.54) is 11.3 Å². The van der Waals surface area contributed by atoms with E-state index in [0.717, 1.165) is 11.3 Å². The van der Waals surface area contributed by atoms with Gasteiger partial charge >= 0.3 is 12.0 Å².